The molecule has 0 atom stereocenters. The number of nitrogens with zero attached hydrogens (tertiary/aromatic N) is 3. The lowest BCUT2D eigenvalue weighted by molar-refractivity contribution is -0.657. The minimum absolute atomic E-state index is 0.0543. The lowest BCUT2D eigenvalue weighted by atomic mass is 10.1. The second-order valence-corrected chi connectivity index (χ2v) is 4.31. The van der Waals surface area contributed by atoms with Crippen LogP contribution in [0.25, 0.3) is 11.3 Å². The number of rotatable bonds is 2. The molecule has 2 rings (SSSR count). The second kappa shape index (κ2) is 4.85. The van der Waals surface area contributed by atoms with Gasteiger partial charge in [-0.05, 0) is 35.2 Å². The van der Waals surface area contributed by atoms with Gasteiger partial charge in [-0.15, -0.1) is 0 Å². The van der Waals surface area contributed by atoms with E-state index in [9.17, 15) is 14.0 Å². The summed E-state index contributed by atoms with van der Waals surface area (Å²) in [6, 6.07) is 3.09. The first kappa shape index (κ1) is 12.7. The maximum absolute atomic E-state index is 13.6. The summed E-state index contributed by atoms with van der Waals surface area (Å²) in [6.07, 6.45) is 1.69. The van der Waals surface area contributed by atoms with E-state index in [1.807, 2.05) is 0 Å². The molecular weight excluding hydrogens is 260 g/mol. The highest BCUT2D eigenvalue weighted by atomic mass is 32.2. The number of hydrogen-bond donors (Lipinski definition) is 0. The van der Waals surface area contributed by atoms with Crippen molar-refractivity contribution in [3.8, 4) is 11.3 Å². The van der Waals surface area contributed by atoms with Gasteiger partial charge in [-0.2, -0.15) is 0 Å². The summed E-state index contributed by atoms with van der Waals surface area (Å²) in [5.74, 6) is -1.46. The van der Waals surface area contributed by atoms with E-state index in [4.69, 9.17) is 0 Å². The average Bonchev–Trinajstić information content (AvgIpc) is 2.34. The van der Waals surface area contributed by atoms with Gasteiger partial charge >= 0.3 is 5.16 Å². The minimum atomic E-state index is -0.774. The van der Waals surface area contributed by atoms with Crippen LogP contribution in [0.2, 0.25) is 0 Å². The Labute approximate surface area is 106 Å². The molecule has 0 aliphatic heterocycles. The highest BCUT2D eigenvalue weighted by Gasteiger charge is 2.19. The van der Waals surface area contributed by atoms with Crippen molar-refractivity contribution in [3.63, 3.8) is 0 Å². The molecule has 1 aromatic heterocycles. The molecule has 1 aromatic carbocycles. The first-order valence-electron chi connectivity index (χ1n) is 5.01. The summed E-state index contributed by atoms with van der Waals surface area (Å²) in [5.41, 5.74) is 0.388. The lowest BCUT2D eigenvalue weighted by Gasteiger charge is -2.10. The monoisotopic (exact) mass is 269 g/mol. The summed E-state index contributed by atoms with van der Waals surface area (Å²) < 4.78 is 27.0. The zero-order valence-electron chi connectivity index (χ0n) is 9.65. The molecular formula is C11H9F2N3OS. The van der Waals surface area contributed by atoms with Gasteiger partial charge in [0.1, 0.15) is 17.3 Å². The van der Waals surface area contributed by atoms with Gasteiger partial charge in [0.05, 0.1) is 5.10 Å². The third kappa shape index (κ3) is 2.13. The minimum Gasteiger partial charge on any atom is -0.710 e. The van der Waals surface area contributed by atoms with Gasteiger partial charge in [0, 0.05) is 18.6 Å². The standard InChI is InChI=1S/C11H9F2N3OS/c1-6-10(14-15-11(18-2)16(6)17)8-4-3-7(12)5-9(8)13/h3-5H,1-2H3. The Morgan fingerprint density at radius 2 is 2.00 bits per heavy atom. The first-order chi connectivity index (χ1) is 8.54. The predicted molar refractivity (Wildman–Crippen MR) is 62.9 cm³/mol. The second-order valence-electron chi connectivity index (χ2n) is 3.54. The predicted octanol–water partition coefficient (Wildman–Crippen LogP) is 2.09. The van der Waals surface area contributed by atoms with Crippen molar-refractivity contribution in [1.82, 2.24) is 10.2 Å². The SMILES string of the molecule is CSc1nnc(-c2ccc(F)cc2F)c(C)[n+]1[O-]. The van der Waals surface area contributed by atoms with Gasteiger partial charge in [0.25, 0.3) is 0 Å². The van der Waals surface area contributed by atoms with Crippen molar-refractivity contribution in [2.24, 2.45) is 0 Å². The van der Waals surface area contributed by atoms with Gasteiger partial charge in [-0.3, -0.25) is 0 Å². The molecule has 0 radical (unpaired) electrons. The molecule has 2 aromatic rings. The molecule has 7 heteroatoms. The molecule has 4 nitrogen and oxygen atoms in total. The van der Waals surface area contributed by atoms with Crippen LogP contribution in [0.15, 0.2) is 23.4 Å². The smallest absolute Gasteiger partial charge is 0.389 e. The Morgan fingerprint density at radius 3 is 2.61 bits per heavy atom. The fourth-order valence-electron chi connectivity index (χ4n) is 1.50. The summed E-state index contributed by atoms with van der Waals surface area (Å²) >= 11 is 1.14. The molecule has 1 heterocycles. The van der Waals surface area contributed by atoms with E-state index in [1.54, 1.807) is 6.26 Å². The van der Waals surface area contributed by atoms with E-state index in [0.29, 0.717) is 4.73 Å². The van der Waals surface area contributed by atoms with Gasteiger partial charge in [0.15, 0.2) is 5.69 Å². The number of aromatic nitrogens is 3. The summed E-state index contributed by atoms with van der Waals surface area (Å²) in [7, 11) is 0. The highest BCUT2D eigenvalue weighted by molar-refractivity contribution is 7.98. The zero-order chi connectivity index (χ0) is 13.3. The van der Waals surface area contributed by atoms with Crippen molar-refractivity contribution in [3.05, 3.63) is 40.7 Å². The molecule has 0 aliphatic carbocycles. The van der Waals surface area contributed by atoms with Gasteiger partial charge < -0.3 is 5.21 Å². The van der Waals surface area contributed by atoms with E-state index < -0.39 is 11.6 Å². The van der Waals surface area contributed by atoms with Crippen molar-refractivity contribution < 1.29 is 13.5 Å². The van der Waals surface area contributed by atoms with Crippen LogP contribution in [-0.2, 0) is 0 Å². The van der Waals surface area contributed by atoms with Crippen LogP contribution >= 0.6 is 11.8 Å². The third-order valence-corrected chi connectivity index (χ3v) is 3.04. The molecule has 0 amide bonds. The molecule has 0 spiro atoms. The Hall–Kier alpha value is -1.76. The molecule has 0 saturated heterocycles. The van der Waals surface area contributed by atoms with Crippen molar-refractivity contribution >= 4 is 11.8 Å². The van der Waals surface area contributed by atoms with Crippen molar-refractivity contribution in [1.29, 1.82) is 0 Å². The molecule has 0 aliphatic rings. The van der Waals surface area contributed by atoms with Gasteiger partial charge in [-0.25, -0.2) is 13.5 Å². The molecule has 0 bridgehead atoms. The maximum Gasteiger partial charge on any atom is 0.389 e. The van der Waals surface area contributed by atoms with Crippen LogP contribution < -0.4 is 4.73 Å². The quantitative estimate of drug-likeness (QED) is 0.476. The third-order valence-electron chi connectivity index (χ3n) is 2.43. The van der Waals surface area contributed by atoms with Crippen LogP contribution in [0.4, 0.5) is 8.78 Å². The van der Waals surface area contributed by atoms with Crippen LogP contribution in [0.1, 0.15) is 5.69 Å². The molecule has 0 unspecified atom stereocenters. The van der Waals surface area contributed by atoms with E-state index in [-0.39, 0.29) is 22.1 Å². The number of thioether (sulfide) groups is 1. The van der Waals surface area contributed by atoms with E-state index in [1.165, 1.54) is 13.0 Å². The fourth-order valence-corrected chi connectivity index (χ4v) is 1.92. The van der Waals surface area contributed by atoms with Crippen LogP contribution in [0.3, 0.4) is 0 Å². The number of hydrogen-bond acceptors (Lipinski definition) is 4. The molecule has 0 N–H and O–H groups in total. The lowest BCUT2D eigenvalue weighted by Crippen LogP contribution is -2.35. The molecule has 0 saturated carbocycles. The fraction of sp³-hybridized carbons (Fsp3) is 0.182. The molecule has 0 fully saturated rings. The van der Waals surface area contributed by atoms with Crippen molar-refractivity contribution in [2.45, 2.75) is 12.1 Å². The normalized spacial score (nSPS) is 10.7. The Kier molecular flexibility index (Phi) is 3.42. The van der Waals surface area contributed by atoms with Crippen LogP contribution in [-0.4, -0.2) is 16.5 Å². The van der Waals surface area contributed by atoms with E-state index >= 15 is 0 Å². The van der Waals surface area contributed by atoms with E-state index in [2.05, 4.69) is 10.2 Å². The van der Waals surface area contributed by atoms with E-state index in [0.717, 1.165) is 23.9 Å². The Morgan fingerprint density at radius 1 is 1.28 bits per heavy atom. The largest absolute Gasteiger partial charge is 0.710 e. The molecule has 94 valence electrons. The zero-order valence-corrected chi connectivity index (χ0v) is 10.5. The van der Waals surface area contributed by atoms with Crippen LogP contribution in [0.5, 0.6) is 0 Å². The summed E-state index contributed by atoms with van der Waals surface area (Å²) in [5, 5.41) is 19.5. The number of halogens is 2. The summed E-state index contributed by atoms with van der Waals surface area (Å²) in [4.78, 5) is 0. The Bertz CT molecular complexity index is 607. The van der Waals surface area contributed by atoms with Gasteiger partial charge in [-0.1, -0.05) is 0 Å². The molecule has 18 heavy (non-hydrogen) atoms. The van der Waals surface area contributed by atoms with Crippen LogP contribution in [0, 0.1) is 23.8 Å². The number of benzene rings is 1. The first-order valence-corrected chi connectivity index (χ1v) is 6.23. The summed E-state index contributed by atoms with van der Waals surface area (Å²) in [6.45, 7) is 1.51. The average molecular weight is 269 g/mol. The van der Waals surface area contributed by atoms with Gasteiger partial charge in [0.2, 0.25) is 0 Å². The highest BCUT2D eigenvalue weighted by Crippen LogP contribution is 2.23. The topological polar surface area (TPSA) is 52.7 Å². The van der Waals surface area contributed by atoms with Crippen molar-refractivity contribution in [2.75, 3.05) is 6.26 Å². The Balaban J connectivity index is 2.61. The maximum atomic E-state index is 13.6.